The number of rotatable bonds is 4. The fourth-order valence-electron chi connectivity index (χ4n) is 1.60. The summed E-state index contributed by atoms with van der Waals surface area (Å²) in [6.07, 6.45) is 4.52. The first-order valence-electron chi connectivity index (χ1n) is 6.11. The topological polar surface area (TPSA) is 46.9 Å². The maximum atomic E-state index is 11.9. The zero-order chi connectivity index (χ0) is 13.0. The first-order chi connectivity index (χ1) is 8.70. The first kappa shape index (κ1) is 12.4. The van der Waals surface area contributed by atoms with E-state index in [1.165, 1.54) is 0 Å². The van der Waals surface area contributed by atoms with Crippen molar-refractivity contribution >= 4 is 5.91 Å². The van der Waals surface area contributed by atoms with Crippen molar-refractivity contribution in [2.24, 2.45) is 0 Å². The van der Waals surface area contributed by atoms with Crippen LogP contribution in [0, 0.1) is 0 Å². The van der Waals surface area contributed by atoms with E-state index in [2.05, 4.69) is 10.4 Å². The van der Waals surface area contributed by atoms with Crippen molar-refractivity contribution in [3.63, 3.8) is 0 Å². The summed E-state index contributed by atoms with van der Waals surface area (Å²) in [5.74, 6) is -0.0311. The van der Waals surface area contributed by atoms with E-state index in [4.69, 9.17) is 0 Å². The lowest BCUT2D eigenvalue weighted by Gasteiger charge is -2.11. The van der Waals surface area contributed by atoms with Gasteiger partial charge in [0.05, 0.1) is 5.69 Å². The molecule has 18 heavy (non-hydrogen) atoms. The Bertz CT molecular complexity index is 502. The standard InChI is InChI=1S/C14H17N3O/c1-3-11(2)16-14(18)12-5-7-13(8-6-12)17-10-4-9-15-17/h4-11H,3H2,1-2H3,(H,16,18). The molecule has 4 heteroatoms. The average molecular weight is 243 g/mol. The fraction of sp³-hybridized carbons (Fsp3) is 0.286. The Balaban J connectivity index is 2.10. The number of amides is 1. The van der Waals surface area contributed by atoms with Crippen LogP contribution in [-0.4, -0.2) is 21.7 Å². The van der Waals surface area contributed by atoms with E-state index in [0.717, 1.165) is 12.1 Å². The van der Waals surface area contributed by atoms with Gasteiger partial charge in [0.25, 0.3) is 5.91 Å². The van der Waals surface area contributed by atoms with Crippen LogP contribution < -0.4 is 5.32 Å². The summed E-state index contributed by atoms with van der Waals surface area (Å²) in [7, 11) is 0. The van der Waals surface area contributed by atoms with Crippen molar-refractivity contribution < 1.29 is 4.79 Å². The van der Waals surface area contributed by atoms with Gasteiger partial charge in [-0.15, -0.1) is 0 Å². The van der Waals surface area contributed by atoms with E-state index in [-0.39, 0.29) is 11.9 Å². The monoisotopic (exact) mass is 243 g/mol. The molecular weight excluding hydrogens is 226 g/mol. The fourth-order valence-corrected chi connectivity index (χ4v) is 1.60. The smallest absolute Gasteiger partial charge is 0.251 e. The van der Waals surface area contributed by atoms with Gasteiger partial charge in [0.2, 0.25) is 0 Å². The van der Waals surface area contributed by atoms with Crippen LogP contribution in [0.1, 0.15) is 30.6 Å². The number of nitrogens with zero attached hydrogens (tertiary/aromatic N) is 2. The second-order valence-corrected chi connectivity index (χ2v) is 4.28. The molecule has 2 rings (SSSR count). The van der Waals surface area contributed by atoms with Gasteiger partial charge in [-0.3, -0.25) is 4.79 Å². The van der Waals surface area contributed by atoms with Gasteiger partial charge < -0.3 is 5.32 Å². The largest absolute Gasteiger partial charge is 0.350 e. The van der Waals surface area contributed by atoms with Crippen molar-refractivity contribution in [3.8, 4) is 5.69 Å². The molecule has 4 nitrogen and oxygen atoms in total. The lowest BCUT2D eigenvalue weighted by atomic mass is 10.1. The molecule has 1 unspecified atom stereocenters. The van der Waals surface area contributed by atoms with Gasteiger partial charge in [-0.2, -0.15) is 5.10 Å². The van der Waals surface area contributed by atoms with Crippen LogP contribution in [0.3, 0.4) is 0 Å². The molecule has 0 radical (unpaired) electrons. The molecule has 1 amide bonds. The normalized spacial score (nSPS) is 12.1. The van der Waals surface area contributed by atoms with Gasteiger partial charge in [-0.25, -0.2) is 4.68 Å². The van der Waals surface area contributed by atoms with Gasteiger partial charge in [-0.05, 0) is 43.7 Å². The molecule has 0 aliphatic heterocycles. The SMILES string of the molecule is CCC(C)NC(=O)c1ccc(-n2cccn2)cc1. The predicted molar refractivity (Wildman–Crippen MR) is 70.8 cm³/mol. The van der Waals surface area contributed by atoms with Crippen LogP contribution in [0.2, 0.25) is 0 Å². The average Bonchev–Trinajstić information content (AvgIpc) is 2.92. The minimum absolute atomic E-state index is 0.0311. The molecule has 0 aliphatic carbocycles. The molecule has 1 heterocycles. The summed E-state index contributed by atoms with van der Waals surface area (Å²) < 4.78 is 1.76. The summed E-state index contributed by atoms with van der Waals surface area (Å²) >= 11 is 0. The second kappa shape index (κ2) is 5.49. The van der Waals surface area contributed by atoms with Crippen molar-refractivity contribution in [1.82, 2.24) is 15.1 Å². The first-order valence-corrected chi connectivity index (χ1v) is 6.11. The quantitative estimate of drug-likeness (QED) is 0.896. The molecule has 1 aromatic carbocycles. The Morgan fingerprint density at radius 1 is 1.39 bits per heavy atom. The Hall–Kier alpha value is -2.10. The highest BCUT2D eigenvalue weighted by atomic mass is 16.1. The third kappa shape index (κ3) is 2.77. The number of carbonyl (C=O) groups is 1. The summed E-state index contributed by atoms with van der Waals surface area (Å²) in [5, 5.41) is 7.08. The number of aromatic nitrogens is 2. The molecule has 0 saturated heterocycles. The summed E-state index contributed by atoms with van der Waals surface area (Å²) in [6.45, 7) is 4.04. The molecule has 2 aromatic rings. The number of nitrogens with one attached hydrogen (secondary N) is 1. The highest BCUT2D eigenvalue weighted by Gasteiger charge is 2.08. The predicted octanol–water partition coefficient (Wildman–Crippen LogP) is 2.40. The van der Waals surface area contributed by atoms with Gasteiger partial charge in [0.1, 0.15) is 0 Å². The van der Waals surface area contributed by atoms with Crippen LogP contribution in [-0.2, 0) is 0 Å². The van der Waals surface area contributed by atoms with E-state index in [0.29, 0.717) is 5.56 Å². The molecular formula is C14H17N3O. The summed E-state index contributed by atoms with van der Waals surface area (Å²) in [4.78, 5) is 11.9. The van der Waals surface area contributed by atoms with E-state index < -0.39 is 0 Å². The Labute approximate surface area is 107 Å². The van der Waals surface area contributed by atoms with E-state index in [9.17, 15) is 4.79 Å². The van der Waals surface area contributed by atoms with Gasteiger partial charge in [0.15, 0.2) is 0 Å². The summed E-state index contributed by atoms with van der Waals surface area (Å²) in [6, 6.07) is 9.47. The van der Waals surface area contributed by atoms with Gasteiger partial charge in [0, 0.05) is 24.0 Å². The zero-order valence-electron chi connectivity index (χ0n) is 10.6. The van der Waals surface area contributed by atoms with Crippen LogP contribution in [0.5, 0.6) is 0 Å². The van der Waals surface area contributed by atoms with Gasteiger partial charge in [-0.1, -0.05) is 6.92 Å². The second-order valence-electron chi connectivity index (χ2n) is 4.28. The minimum Gasteiger partial charge on any atom is -0.350 e. The molecule has 0 fully saturated rings. The maximum absolute atomic E-state index is 11.9. The third-order valence-corrected chi connectivity index (χ3v) is 2.89. The molecule has 0 spiro atoms. The number of benzene rings is 1. The van der Waals surface area contributed by atoms with Crippen LogP contribution in [0.25, 0.3) is 5.69 Å². The highest BCUT2D eigenvalue weighted by Crippen LogP contribution is 2.08. The zero-order valence-corrected chi connectivity index (χ0v) is 10.6. The van der Waals surface area contributed by atoms with E-state index in [1.54, 1.807) is 10.9 Å². The molecule has 0 saturated carbocycles. The molecule has 0 bridgehead atoms. The Kier molecular flexibility index (Phi) is 3.77. The Morgan fingerprint density at radius 3 is 2.67 bits per heavy atom. The highest BCUT2D eigenvalue weighted by molar-refractivity contribution is 5.94. The van der Waals surface area contributed by atoms with E-state index in [1.807, 2.05) is 50.4 Å². The molecule has 0 aliphatic rings. The molecule has 94 valence electrons. The van der Waals surface area contributed by atoms with Crippen LogP contribution in [0.4, 0.5) is 0 Å². The molecule has 1 N–H and O–H groups in total. The summed E-state index contributed by atoms with van der Waals surface area (Å²) in [5.41, 5.74) is 1.62. The maximum Gasteiger partial charge on any atom is 0.251 e. The lowest BCUT2D eigenvalue weighted by Crippen LogP contribution is -2.31. The van der Waals surface area contributed by atoms with E-state index >= 15 is 0 Å². The van der Waals surface area contributed by atoms with Gasteiger partial charge >= 0.3 is 0 Å². The number of carbonyl (C=O) groups excluding carboxylic acids is 1. The Morgan fingerprint density at radius 2 is 2.11 bits per heavy atom. The van der Waals surface area contributed by atoms with Crippen LogP contribution >= 0.6 is 0 Å². The third-order valence-electron chi connectivity index (χ3n) is 2.89. The molecule has 1 aromatic heterocycles. The minimum atomic E-state index is -0.0311. The molecule has 1 atom stereocenters. The number of hydrogen-bond donors (Lipinski definition) is 1. The van der Waals surface area contributed by atoms with Crippen molar-refractivity contribution in [3.05, 3.63) is 48.3 Å². The van der Waals surface area contributed by atoms with Crippen molar-refractivity contribution in [2.75, 3.05) is 0 Å². The van der Waals surface area contributed by atoms with Crippen LogP contribution in [0.15, 0.2) is 42.7 Å². The van der Waals surface area contributed by atoms with Crippen molar-refractivity contribution in [1.29, 1.82) is 0 Å². The van der Waals surface area contributed by atoms with Crippen molar-refractivity contribution in [2.45, 2.75) is 26.3 Å². The lowest BCUT2D eigenvalue weighted by molar-refractivity contribution is 0.0939. The number of hydrogen-bond acceptors (Lipinski definition) is 2.